The third-order valence-corrected chi connectivity index (χ3v) is 5.26. The van der Waals surface area contributed by atoms with Crippen molar-refractivity contribution in [3.8, 4) is 0 Å². The molecule has 0 amide bonds. The van der Waals surface area contributed by atoms with E-state index < -0.39 is 0 Å². The van der Waals surface area contributed by atoms with Crippen LogP contribution in [-0.4, -0.2) is 30.6 Å². The summed E-state index contributed by atoms with van der Waals surface area (Å²) in [5.74, 6) is 1.36. The van der Waals surface area contributed by atoms with Crippen molar-refractivity contribution in [2.45, 2.75) is 64.0 Å². The van der Waals surface area contributed by atoms with Gasteiger partial charge in [0.25, 0.3) is 0 Å². The molecule has 0 heterocycles. The van der Waals surface area contributed by atoms with E-state index in [0.29, 0.717) is 12.0 Å². The highest BCUT2D eigenvalue weighted by atomic mass is 15.1. The summed E-state index contributed by atoms with van der Waals surface area (Å²) in [6, 6.07) is 12.1. The number of hydrogen-bond acceptors (Lipinski definition) is 2. The molecule has 1 atom stereocenters. The Kier molecular flexibility index (Phi) is 6.25. The molecule has 0 bridgehead atoms. The minimum absolute atomic E-state index is 0.341. The highest BCUT2D eigenvalue weighted by molar-refractivity contribution is 5.20. The molecule has 1 aromatic rings. The summed E-state index contributed by atoms with van der Waals surface area (Å²) in [4.78, 5) is 2.55. The van der Waals surface area contributed by atoms with Crippen molar-refractivity contribution < 1.29 is 0 Å². The topological polar surface area (TPSA) is 29.3 Å². The Labute approximate surface area is 130 Å². The molecule has 1 aliphatic carbocycles. The fourth-order valence-electron chi connectivity index (χ4n) is 3.44. The average Bonchev–Trinajstić information content (AvgIpc) is 2.53. The molecule has 0 aliphatic heterocycles. The van der Waals surface area contributed by atoms with E-state index in [1.165, 1.54) is 31.2 Å². The fraction of sp³-hybridized carbons (Fsp3) is 0.684. The zero-order chi connectivity index (χ0) is 15.2. The number of hydrogen-bond donors (Lipinski definition) is 1. The molecular formula is C19H32N2. The van der Waals surface area contributed by atoms with Gasteiger partial charge in [0.1, 0.15) is 0 Å². The molecule has 0 radical (unpaired) electrons. The summed E-state index contributed by atoms with van der Waals surface area (Å²) in [7, 11) is 2.28. The standard InChI is InChI=1S/C19H32N2/c1-15(2)19(20)13-14-21(3)18-11-9-17(10-12-18)16-7-5-4-6-8-16/h4-8,15,17-19H,9-14,20H2,1-3H3. The second-order valence-corrected chi connectivity index (χ2v) is 7.09. The number of rotatable bonds is 6. The first kappa shape index (κ1) is 16.5. The van der Waals surface area contributed by atoms with Crippen LogP contribution in [0.15, 0.2) is 30.3 Å². The zero-order valence-electron chi connectivity index (χ0n) is 14.0. The van der Waals surface area contributed by atoms with E-state index in [4.69, 9.17) is 5.73 Å². The lowest BCUT2D eigenvalue weighted by Crippen LogP contribution is -2.38. The van der Waals surface area contributed by atoms with Gasteiger partial charge in [-0.15, -0.1) is 0 Å². The fourth-order valence-corrected chi connectivity index (χ4v) is 3.44. The van der Waals surface area contributed by atoms with Gasteiger partial charge < -0.3 is 10.6 Å². The van der Waals surface area contributed by atoms with Crippen LogP contribution in [0, 0.1) is 5.92 Å². The lowest BCUT2D eigenvalue weighted by molar-refractivity contribution is 0.174. The van der Waals surface area contributed by atoms with E-state index in [2.05, 4.69) is 56.1 Å². The van der Waals surface area contributed by atoms with Gasteiger partial charge in [-0.1, -0.05) is 44.2 Å². The van der Waals surface area contributed by atoms with Crippen molar-refractivity contribution in [3.63, 3.8) is 0 Å². The van der Waals surface area contributed by atoms with Crippen molar-refractivity contribution in [2.75, 3.05) is 13.6 Å². The van der Waals surface area contributed by atoms with Gasteiger partial charge in [-0.25, -0.2) is 0 Å². The monoisotopic (exact) mass is 288 g/mol. The van der Waals surface area contributed by atoms with Crippen molar-refractivity contribution in [1.29, 1.82) is 0 Å². The molecule has 2 nitrogen and oxygen atoms in total. The van der Waals surface area contributed by atoms with Crippen LogP contribution in [0.25, 0.3) is 0 Å². The SMILES string of the molecule is CC(C)C(N)CCN(C)C1CCC(c2ccccc2)CC1. The van der Waals surface area contributed by atoms with E-state index in [1.807, 2.05) is 0 Å². The van der Waals surface area contributed by atoms with Crippen LogP contribution >= 0.6 is 0 Å². The molecule has 1 saturated carbocycles. The van der Waals surface area contributed by atoms with E-state index in [1.54, 1.807) is 0 Å². The van der Waals surface area contributed by atoms with Crippen LogP contribution in [0.1, 0.15) is 57.4 Å². The largest absolute Gasteiger partial charge is 0.327 e. The van der Waals surface area contributed by atoms with Crippen LogP contribution in [0.4, 0.5) is 0 Å². The summed E-state index contributed by atoms with van der Waals surface area (Å²) in [6.07, 6.45) is 6.43. The molecule has 1 unspecified atom stereocenters. The molecule has 1 fully saturated rings. The van der Waals surface area contributed by atoms with Gasteiger partial charge in [-0.3, -0.25) is 0 Å². The lowest BCUT2D eigenvalue weighted by Gasteiger charge is -2.35. The van der Waals surface area contributed by atoms with Gasteiger partial charge in [0.15, 0.2) is 0 Å². The molecule has 1 aromatic carbocycles. The van der Waals surface area contributed by atoms with Gasteiger partial charge in [0, 0.05) is 12.1 Å². The second-order valence-electron chi connectivity index (χ2n) is 7.09. The van der Waals surface area contributed by atoms with Gasteiger partial charge in [0.2, 0.25) is 0 Å². The summed E-state index contributed by atoms with van der Waals surface area (Å²) in [5.41, 5.74) is 7.69. The van der Waals surface area contributed by atoms with Crippen LogP contribution in [0.5, 0.6) is 0 Å². The summed E-state index contributed by atoms with van der Waals surface area (Å²) < 4.78 is 0. The Hall–Kier alpha value is -0.860. The van der Waals surface area contributed by atoms with Crippen molar-refractivity contribution in [2.24, 2.45) is 11.7 Å². The third-order valence-electron chi connectivity index (χ3n) is 5.26. The van der Waals surface area contributed by atoms with Crippen LogP contribution in [0.3, 0.4) is 0 Å². The Morgan fingerprint density at radius 3 is 2.29 bits per heavy atom. The maximum atomic E-state index is 6.17. The molecule has 21 heavy (non-hydrogen) atoms. The van der Waals surface area contributed by atoms with Crippen LogP contribution in [-0.2, 0) is 0 Å². The minimum Gasteiger partial charge on any atom is -0.327 e. The predicted molar refractivity (Wildman–Crippen MR) is 91.5 cm³/mol. The number of nitrogens with two attached hydrogens (primary N) is 1. The maximum absolute atomic E-state index is 6.17. The third kappa shape index (κ3) is 4.82. The number of nitrogens with zero attached hydrogens (tertiary/aromatic N) is 1. The average molecular weight is 288 g/mol. The highest BCUT2D eigenvalue weighted by Crippen LogP contribution is 2.34. The molecule has 2 rings (SSSR count). The summed E-state index contributed by atoms with van der Waals surface area (Å²) in [6.45, 7) is 5.57. The first-order valence-corrected chi connectivity index (χ1v) is 8.58. The minimum atomic E-state index is 0.341. The van der Waals surface area contributed by atoms with E-state index in [9.17, 15) is 0 Å². The van der Waals surface area contributed by atoms with Crippen LogP contribution < -0.4 is 5.73 Å². The van der Waals surface area contributed by atoms with Crippen molar-refractivity contribution in [3.05, 3.63) is 35.9 Å². The highest BCUT2D eigenvalue weighted by Gasteiger charge is 2.25. The van der Waals surface area contributed by atoms with Gasteiger partial charge in [-0.05, 0) is 63.1 Å². The Balaban J connectivity index is 1.76. The molecule has 2 heteroatoms. The zero-order valence-corrected chi connectivity index (χ0v) is 14.0. The van der Waals surface area contributed by atoms with Crippen LogP contribution in [0.2, 0.25) is 0 Å². The molecule has 118 valence electrons. The second kappa shape index (κ2) is 7.95. The van der Waals surface area contributed by atoms with Crippen molar-refractivity contribution in [1.82, 2.24) is 4.90 Å². The molecule has 0 aromatic heterocycles. The smallest absolute Gasteiger partial charge is 0.00926 e. The van der Waals surface area contributed by atoms with Gasteiger partial charge in [0.05, 0.1) is 0 Å². The molecular weight excluding hydrogens is 256 g/mol. The number of benzene rings is 1. The molecule has 0 saturated heterocycles. The molecule has 0 spiro atoms. The molecule has 1 aliphatic rings. The van der Waals surface area contributed by atoms with E-state index >= 15 is 0 Å². The Morgan fingerprint density at radius 1 is 1.10 bits per heavy atom. The van der Waals surface area contributed by atoms with E-state index in [-0.39, 0.29) is 0 Å². The Morgan fingerprint density at radius 2 is 1.71 bits per heavy atom. The van der Waals surface area contributed by atoms with Crippen molar-refractivity contribution >= 4 is 0 Å². The van der Waals surface area contributed by atoms with Gasteiger partial charge in [-0.2, -0.15) is 0 Å². The predicted octanol–water partition coefficient (Wildman–Crippen LogP) is 4.02. The maximum Gasteiger partial charge on any atom is 0.00926 e. The van der Waals surface area contributed by atoms with E-state index in [0.717, 1.165) is 24.9 Å². The Bertz CT molecular complexity index is 393. The lowest BCUT2D eigenvalue weighted by atomic mass is 9.81. The molecule has 2 N–H and O–H groups in total. The summed E-state index contributed by atoms with van der Waals surface area (Å²) >= 11 is 0. The normalized spacial score (nSPS) is 24.5. The first-order valence-electron chi connectivity index (χ1n) is 8.58. The quantitative estimate of drug-likeness (QED) is 0.856. The summed E-state index contributed by atoms with van der Waals surface area (Å²) in [5, 5.41) is 0. The first-order chi connectivity index (χ1) is 10.1. The van der Waals surface area contributed by atoms with Gasteiger partial charge >= 0.3 is 0 Å².